The lowest BCUT2D eigenvalue weighted by Crippen LogP contribution is -2.55. The summed E-state index contributed by atoms with van der Waals surface area (Å²) in [6.45, 7) is 4.72. The molecule has 0 radical (unpaired) electrons. The molecule has 3 unspecified atom stereocenters. The van der Waals surface area contributed by atoms with Crippen LogP contribution in [0.4, 0.5) is 0 Å². The van der Waals surface area contributed by atoms with Crippen LogP contribution >= 0.6 is 0 Å². The molecule has 0 aromatic heterocycles. The van der Waals surface area contributed by atoms with Crippen molar-refractivity contribution in [2.45, 2.75) is 31.5 Å². The highest BCUT2D eigenvalue weighted by atomic mass is 32.2. The summed E-state index contributed by atoms with van der Waals surface area (Å²) in [5.41, 5.74) is 0.991. The third-order valence-electron chi connectivity index (χ3n) is 5.96. The van der Waals surface area contributed by atoms with Crippen molar-refractivity contribution in [1.82, 2.24) is 14.7 Å². The van der Waals surface area contributed by atoms with Gasteiger partial charge in [0.15, 0.2) is 9.84 Å². The summed E-state index contributed by atoms with van der Waals surface area (Å²) in [5, 5.41) is 9.62. The van der Waals surface area contributed by atoms with Crippen LogP contribution in [-0.4, -0.2) is 85.8 Å². The van der Waals surface area contributed by atoms with E-state index >= 15 is 0 Å². The average molecular weight is 405 g/mol. The monoisotopic (exact) mass is 404 g/mol. The molecule has 2 aliphatic heterocycles. The zero-order chi connectivity index (χ0) is 20.3. The smallest absolute Gasteiger partial charge is 0.239 e. The van der Waals surface area contributed by atoms with E-state index in [-0.39, 0.29) is 35.5 Å². The number of amides is 1. The first-order valence-corrected chi connectivity index (χ1v) is 11.5. The molecule has 0 N–H and O–H groups in total. The standard InChI is InChI=1S/C20H28N4O3S/c1-16(20(25)22(2)18-8-13-28(26,27)15-18)23-9-11-24(12-10-23)19(14-21)17-6-4-3-5-7-17/h3-7,16,18-19H,8-13,15H2,1-2H3. The number of piperazine rings is 1. The van der Waals surface area contributed by atoms with Gasteiger partial charge in [0.05, 0.1) is 23.6 Å². The van der Waals surface area contributed by atoms with Crippen LogP contribution in [0.15, 0.2) is 30.3 Å². The van der Waals surface area contributed by atoms with E-state index in [2.05, 4.69) is 15.9 Å². The molecule has 0 saturated carbocycles. The van der Waals surface area contributed by atoms with Crippen LogP contribution in [0.2, 0.25) is 0 Å². The summed E-state index contributed by atoms with van der Waals surface area (Å²) in [5.74, 6) is 0.198. The topological polar surface area (TPSA) is 84.7 Å². The quantitative estimate of drug-likeness (QED) is 0.725. The largest absolute Gasteiger partial charge is 0.340 e. The zero-order valence-corrected chi connectivity index (χ0v) is 17.3. The van der Waals surface area contributed by atoms with E-state index < -0.39 is 9.84 Å². The molecular formula is C20H28N4O3S. The number of benzene rings is 1. The van der Waals surface area contributed by atoms with Gasteiger partial charge in [0.1, 0.15) is 6.04 Å². The maximum absolute atomic E-state index is 12.9. The Morgan fingerprint density at radius 3 is 2.32 bits per heavy atom. The number of hydrogen-bond acceptors (Lipinski definition) is 6. The van der Waals surface area contributed by atoms with Crippen molar-refractivity contribution in [1.29, 1.82) is 5.26 Å². The van der Waals surface area contributed by atoms with Gasteiger partial charge in [-0.2, -0.15) is 5.26 Å². The molecule has 152 valence electrons. The van der Waals surface area contributed by atoms with Gasteiger partial charge in [-0.3, -0.25) is 14.6 Å². The summed E-state index contributed by atoms with van der Waals surface area (Å²) < 4.78 is 23.4. The fraction of sp³-hybridized carbons (Fsp3) is 0.600. The van der Waals surface area contributed by atoms with Crippen molar-refractivity contribution in [3.63, 3.8) is 0 Å². The van der Waals surface area contributed by atoms with Gasteiger partial charge in [-0.1, -0.05) is 30.3 Å². The predicted molar refractivity (Wildman–Crippen MR) is 107 cm³/mol. The number of nitrogens with zero attached hydrogens (tertiary/aromatic N) is 4. The van der Waals surface area contributed by atoms with Crippen LogP contribution in [0.1, 0.15) is 24.9 Å². The number of sulfone groups is 1. The number of likely N-dealkylation sites (N-methyl/N-ethyl adjacent to an activating group) is 1. The Bertz CT molecular complexity index is 829. The second kappa shape index (κ2) is 8.60. The molecule has 1 amide bonds. The lowest BCUT2D eigenvalue weighted by molar-refractivity contribution is -0.137. The van der Waals surface area contributed by atoms with Crippen molar-refractivity contribution in [2.24, 2.45) is 0 Å². The first-order valence-electron chi connectivity index (χ1n) is 9.72. The predicted octanol–water partition coefficient (Wildman–Crippen LogP) is 0.903. The Kier molecular flexibility index (Phi) is 6.38. The second-order valence-corrected chi connectivity index (χ2v) is 9.92. The Morgan fingerprint density at radius 1 is 1.18 bits per heavy atom. The van der Waals surface area contributed by atoms with Gasteiger partial charge in [0, 0.05) is 39.3 Å². The lowest BCUT2D eigenvalue weighted by atomic mass is 10.1. The van der Waals surface area contributed by atoms with Crippen LogP contribution in [0.5, 0.6) is 0 Å². The van der Waals surface area contributed by atoms with E-state index in [1.807, 2.05) is 37.3 Å². The van der Waals surface area contributed by atoms with Crippen molar-refractivity contribution in [3.8, 4) is 6.07 Å². The van der Waals surface area contributed by atoms with E-state index in [1.54, 1.807) is 11.9 Å². The molecule has 3 atom stereocenters. The first kappa shape index (κ1) is 20.8. The summed E-state index contributed by atoms with van der Waals surface area (Å²) in [6, 6.07) is 11.4. The van der Waals surface area contributed by atoms with Gasteiger partial charge in [0.2, 0.25) is 5.91 Å². The summed E-state index contributed by atoms with van der Waals surface area (Å²) >= 11 is 0. The molecule has 1 aromatic carbocycles. The van der Waals surface area contributed by atoms with Crippen molar-refractivity contribution in [3.05, 3.63) is 35.9 Å². The summed E-state index contributed by atoms with van der Waals surface area (Å²) in [6.07, 6.45) is 0.520. The minimum absolute atomic E-state index is 0.0320. The molecule has 2 heterocycles. The Hall–Kier alpha value is -1.95. The number of carbonyl (C=O) groups is 1. The van der Waals surface area contributed by atoms with Crippen molar-refractivity contribution < 1.29 is 13.2 Å². The molecule has 0 bridgehead atoms. The number of nitriles is 1. The second-order valence-electron chi connectivity index (χ2n) is 7.70. The molecule has 3 rings (SSSR count). The fourth-order valence-electron chi connectivity index (χ4n) is 4.10. The lowest BCUT2D eigenvalue weighted by Gasteiger charge is -2.40. The Morgan fingerprint density at radius 2 is 1.79 bits per heavy atom. The van der Waals surface area contributed by atoms with E-state index in [0.717, 1.165) is 5.56 Å². The van der Waals surface area contributed by atoms with Crippen LogP contribution in [-0.2, 0) is 14.6 Å². The maximum atomic E-state index is 12.9. The molecule has 7 nitrogen and oxygen atoms in total. The van der Waals surface area contributed by atoms with Gasteiger partial charge in [-0.05, 0) is 18.9 Å². The van der Waals surface area contributed by atoms with Crippen LogP contribution < -0.4 is 0 Å². The summed E-state index contributed by atoms with van der Waals surface area (Å²) in [4.78, 5) is 18.7. The molecule has 1 aromatic rings. The van der Waals surface area contributed by atoms with Crippen molar-refractivity contribution in [2.75, 3.05) is 44.7 Å². The molecule has 0 spiro atoms. The van der Waals surface area contributed by atoms with E-state index in [1.165, 1.54) is 0 Å². The molecule has 2 saturated heterocycles. The number of carbonyl (C=O) groups excluding carboxylic acids is 1. The Labute approximate surface area is 167 Å². The Balaban J connectivity index is 1.57. The minimum atomic E-state index is -3.02. The van der Waals surface area contributed by atoms with Gasteiger partial charge in [-0.25, -0.2) is 8.42 Å². The van der Waals surface area contributed by atoms with Crippen molar-refractivity contribution >= 4 is 15.7 Å². The first-order chi connectivity index (χ1) is 13.3. The third kappa shape index (κ3) is 4.54. The summed E-state index contributed by atoms with van der Waals surface area (Å²) in [7, 11) is -1.31. The highest BCUT2D eigenvalue weighted by Crippen LogP contribution is 2.23. The molecule has 2 aliphatic rings. The van der Waals surface area contributed by atoms with Crippen LogP contribution in [0.25, 0.3) is 0 Å². The molecule has 0 aliphatic carbocycles. The van der Waals surface area contributed by atoms with Crippen LogP contribution in [0.3, 0.4) is 0 Å². The average Bonchev–Trinajstić information content (AvgIpc) is 3.08. The van der Waals surface area contributed by atoms with Gasteiger partial charge >= 0.3 is 0 Å². The molecule has 2 fully saturated rings. The molecule has 28 heavy (non-hydrogen) atoms. The normalized spacial score (nSPS) is 25.0. The zero-order valence-electron chi connectivity index (χ0n) is 16.5. The SMILES string of the molecule is CC(C(=O)N(C)C1CCS(=O)(=O)C1)N1CCN(C(C#N)c2ccccc2)CC1. The van der Waals surface area contributed by atoms with E-state index in [9.17, 15) is 18.5 Å². The number of rotatable bonds is 5. The van der Waals surface area contributed by atoms with Crippen LogP contribution in [0, 0.1) is 11.3 Å². The van der Waals surface area contributed by atoms with Gasteiger partial charge < -0.3 is 4.90 Å². The third-order valence-corrected chi connectivity index (χ3v) is 7.71. The van der Waals surface area contributed by atoms with Gasteiger partial charge in [0.25, 0.3) is 0 Å². The fourth-order valence-corrected chi connectivity index (χ4v) is 5.87. The van der Waals surface area contributed by atoms with E-state index in [0.29, 0.717) is 32.6 Å². The van der Waals surface area contributed by atoms with E-state index in [4.69, 9.17) is 0 Å². The number of hydrogen-bond donors (Lipinski definition) is 0. The molecule has 8 heteroatoms. The minimum Gasteiger partial charge on any atom is -0.340 e. The maximum Gasteiger partial charge on any atom is 0.239 e. The highest BCUT2D eigenvalue weighted by molar-refractivity contribution is 7.91. The van der Waals surface area contributed by atoms with Gasteiger partial charge in [-0.15, -0.1) is 0 Å². The highest BCUT2D eigenvalue weighted by Gasteiger charge is 2.36. The molecular weight excluding hydrogens is 376 g/mol.